The Morgan fingerprint density at radius 3 is 2.50 bits per heavy atom. The van der Waals surface area contributed by atoms with Gasteiger partial charge < -0.3 is 0 Å². The first kappa shape index (κ1) is 15.7. The average Bonchev–Trinajstić information content (AvgIpc) is 2.37. The van der Waals surface area contributed by atoms with Gasteiger partial charge in [-0.15, -0.1) is 11.8 Å². The first-order valence-corrected chi connectivity index (χ1v) is 8.06. The summed E-state index contributed by atoms with van der Waals surface area (Å²) in [5.74, 6) is -0.0447. The molecule has 0 aromatic heterocycles. The fourth-order valence-electron chi connectivity index (χ4n) is 1.94. The molecule has 1 aliphatic rings. The maximum Gasteiger partial charge on any atom is 0.253 e. The van der Waals surface area contributed by atoms with Crippen LogP contribution in [0.3, 0.4) is 0 Å². The average molecular weight is 331 g/mol. The Labute approximate surface area is 133 Å². The van der Waals surface area contributed by atoms with E-state index in [1.54, 1.807) is 11.8 Å². The van der Waals surface area contributed by atoms with E-state index in [0.29, 0.717) is 21.7 Å². The number of hydrazone groups is 1. The molecular weight excluding hydrogens is 315 g/mol. The molecule has 0 saturated heterocycles. The monoisotopic (exact) mass is 330 g/mol. The summed E-state index contributed by atoms with van der Waals surface area (Å²) in [7, 11) is 0. The summed E-state index contributed by atoms with van der Waals surface area (Å²) in [5.41, 5.74) is 5.11. The van der Waals surface area contributed by atoms with Crippen LogP contribution in [0.2, 0.25) is 10.0 Å². The second-order valence-electron chi connectivity index (χ2n) is 4.98. The molecule has 0 radical (unpaired) electrons. The number of amides is 1. The molecule has 1 unspecified atom stereocenters. The molecule has 1 atom stereocenters. The van der Waals surface area contributed by atoms with Gasteiger partial charge in [0.1, 0.15) is 0 Å². The highest BCUT2D eigenvalue weighted by molar-refractivity contribution is 8.01. The molecule has 0 fully saturated rings. The van der Waals surface area contributed by atoms with Crippen LogP contribution >= 0.6 is 35.0 Å². The molecule has 2 rings (SSSR count). The normalized spacial score (nSPS) is 19.0. The summed E-state index contributed by atoms with van der Waals surface area (Å²) in [5, 5.41) is 5.62. The number of hydrogen-bond donors (Lipinski definition) is 1. The zero-order chi connectivity index (χ0) is 14.9. The van der Waals surface area contributed by atoms with E-state index in [1.807, 2.05) is 19.1 Å². The fourth-order valence-corrected chi connectivity index (χ4v) is 3.52. The van der Waals surface area contributed by atoms with Crippen molar-refractivity contribution in [1.29, 1.82) is 0 Å². The number of carbonyl (C=O) groups excluding carboxylic acids is 1. The van der Waals surface area contributed by atoms with E-state index >= 15 is 0 Å². The summed E-state index contributed by atoms with van der Waals surface area (Å²) in [6, 6.07) is 3.69. The van der Waals surface area contributed by atoms with E-state index in [2.05, 4.69) is 24.4 Å². The first-order valence-electron chi connectivity index (χ1n) is 6.36. The Morgan fingerprint density at radius 1 is 1.35 bits per heavy atom. The minimum atomic E-state index is -0.124. The van der Waals surface area contributed by atoms with Gasteiger partial charge in [-0.1, -0.05) is 37.0 Å². The number of nitrogens with zero attached hydrogens (tertiary/aromatic N) is 1. The summed E-state index contributed by atoms with van der Waals surface area (Å²) >= 11 is 13.9. The highest BCUT2D eigenvalue weighted by Gasteiger charge is 2.27. The number of halogens is 2. The number of benzene rings is 1. The molecular formula is C14H16Cl2N2OS. The van der Waals surface area contributed by atoms with Crippen molar-refractivity contribution in [3.63, 3.8) is 0 Å². The van der Waals surface area contributed by atoms with Crippen LogP contribution in [0.15, 0.2) is 17.2 Å². The van der Waals surface area contributed by atoms with Crippen LogP contribution in [0.4, 0.5) is 0 Å². The third kappa shape index (κ3) is 3.48. The van der Waals surface area contributed by atoms with E-state index in [1.165, 1.54) is 0 Å². The molecule has 108 valence electrons. The second kappa shape index (κ2) is 6.37. The predicted octanol–water partition coefficient (Wildman–Crippen LogP) is 4.04. The van der Waals surface area contributed by atoms with Crippen molar-refractivity contribution in [2.45, 2.75) is 37.7 Å². The van der Waals surface area contributed by atoms with Crippen LogP contribution in [-0.4, -0.2) is 22.1 Å². The predicted molar refractivity (Wildman–Crippen MR) is 87.0 cm³/mol. The number of nitrogens with one attached hydrogen (secondary N) is 1. The third-order valence-electron chi connectivity index (χ3n) is 3.02. The fraction of sp³-hybridized carbons (Fsp3) is 0.429. The number of thioether (sulfide) groups is 1. The van der Waals surface area contributed by atoms with Crippen LogP contribution in [0.1, 0.15) is 31.4 Å². The van der Waals surface area contributed by atoms with E-state index in [0.717, 1.165) is 16.8 Å². The standard InChI is InChI=1S/C14H16Cl2N2OS/c1-7(2)20-13-6-12(17-18-14(13)19)9-4-10(15)8(3)11(16)5-9/h4-5,7,13H,6H2,1-3H3,(H,18,19). The molecule has 20 heavy (non-hydrogen) atoms. The molecule has 1 aromatic rings. The lowest BCUT2D eigenvalue weighted by molar-refractivity contribution is -0.120. The van der Waals surface area contributed by atoms with Crippen molar-refractivity contribution in [1.82, 2.24) is 5.43 Å². The minimum absolute atomic E-state index is 0.0447. The SMILES string of the molecule is Cc1c(Cl)cc(C2=NNC(=O)C(SC(C)C)C2)cc1Cl. The lowest BCUT2D eigenvalue weighted by Gasteiger charge is -2.22. The van der Waals surface area contributed by atoms with Crippen molar-refractivity contribution in [2.24, 2.45) is 5.10 Å². The van der Waals surface area contributed by atoms with Gasteiger partial charge in [0.25, 0.3) is 5.91 Å². The zero-order valence-corrected chi connectivity index (χ0v) is 13.9. The lowest BCUT2D eigenvalue weighted by atomic mass is 10.0. The van der Waals surface area contributed by atoms with E-state index < -0.39 is 0 Å². The molecule has 6 heteroatoms. The van der Waals surface area contributed by atoms with Gasteiger partial charge in [-0.3, -0.25) is 4.79 Å². The molecule has 0 spiro atoms. The Kier molecular flexibility index (Phi) is 4.99. The topological polar surface area (TPSA) is 41.5 Å². The molecule has 3 nitrogen and oxygen atoms in total. The number of rotatable bonds is 3. The van der Waals surface area contributed by atoms with Gasteiger partial charge in [0.2, 0.25) is 0 Å². The van der Waals surface area contributed by atoms with Gasteiger partial charge in [0.05, 0.1) is 11.0 Å². The Morgan fingerprint density at radius 2 is 1.95 bits per heavy atom. The summed E-state index contributed by atoms with van der Waals surface area (Å²) in [6.07, 6.45) is 0.588. The van der Waals surface area contributed by atoms with Crippen molar-refractivity contribution in [2.75, 3.05) is 0 Å². The summed E-state index contributed by atoms with van der Waals surface area (Å²) in [6.45, 7) is 6.02. The highest BCUT2D eigenvalue weighted by atomic mass is 35.5. The van der Waals surface area contributed by atoms with Gasteiger partial charge in [-0.2, -0.15) is 5.10 Å². The van der Waals surface area contributed by atoms with Crippen molar-refractivity contribution < 1.29 is 4.79 Å². The molecule has 1 aromatic carbocycles. The molecule has 0 saturated carbocycles. The largest absolute Gasteiger partial charge is 0.272 e. The Bertz CT molecular complexity index is 549. The quantitative estimate of drug-likeness (QED) is 0.908. The minimum Gasteiger partial charge on any atom is -0.272 e. The zero-order valence-electron chi connectivity index (χ0n) is 11.5. The number of hydrogen-bond acceptors (Lipinski definition) is 3. The summed E-state index contributed by atoms with van der Waals surface area (Å²) in [4.78, 5) is 11.8. The Balaban J connectivity index is 2.27. The van der Waals surface area contributed by atoms with Crippen molar-refractivity contribution in [3.05, 3.63) is 33.3 Å². The van der Waals surface area contributed by atoms with Crippen LogP contribution < -0.4 is 5.43 Å². The van der Waals surface area contributed by atoms with Crippen molar-refractivity contribution >= 4 is 46.6 Å². The van der Waals surface area contributed by atoms with Crippen LogP contribution in [-0.2, 0) is 4.79 Å². The Hall–Kier alpha value is -0.710. The van der Waals surface area contributed by atoms with E-state index in [-0.39, 0.29) is 11.2 Å². The summed E-state index contributed by atoms with van der Waals surface area (Å²) < 4.78 is 0. The van der Waals surface area contributed by atoms with E-state index in [9.17, 15) is 4.79 Å². The molecule has 1 aliphatic heterocycles. The lowest BCUT2D eigenvalue weighted by Crippen LogP contribution is -2.37. The first-order chi connectivity index (χ1) is 9.38. The van der Waals surface area contributed by atoms with E-state index in [4.69, 9.17) is 23.2 Å². The molecule has 1 N–H and O–H groups in total. The van der Waals surface area contributed by atoms with Crippen LogP contribution in [0.5, 0.6) is 0 Å². The van der Waals surface area contributed by atoms with Crippen molar-refractivity contribution in [3.8, 4) is 0 Å². The van der Waals surface area contributed by atoms with Gasteiger partial charge in [-0.25, -0.2) is 5.43 Å². The highest BCUT2D eigenvalue weighted by Crippen LogP contribution is 2.29. The number of carbonyl (C=O) groups is 1. The van der Waals surface area contributed by atoms with Crippen LogP contribution in [0, 0.1) is 6.92 Å². The van der Waals surface area contributed by atoms with Gasteiger partial charge in [-0.05, 0) is 29.9 Å². The third-order valence-corrected chi connectivity index (χ3v) is 5.06. The van der Waals surface area contributed by atoms with Gasteiger partial charge in [0, 0.05) is 22.0 Å². The molecule has 1 heterocycles. The smallest absolute Gasteiger partial charge is 0.253 e. The second-order valence-corrected chi connectivity index (χ2v) is 7.58. The molecule has 1 amide bonds. The van der Waals surface area contributed by atoms with Gasteiger partial charge >= 0.3 is 0 Å². The molecule has 0 bridgehead atoms. The van der Waals surface area contributed by atoms with Crippen LogP contribution in [0.25, 0.3) is 0 Å². The van der Waals surface area contributed by atoms with Gasteiger partial charge in [0.15, 0.2) is 0 Å². The molecule has 0 aliphatic carbocycles. The maximum atomic E-state index is 11.8. The maximum absolute atomic E-state index is 11.8.